The van der Waals surface area contributed by atoms with Crippen molar-refractivity contribution in [2.75, 3.05) is 18.4 Å². The SMILES string of the molecule is CC(=O)Nc1ccc(-c2ccc(CC[C@@H]3CC34CCN(Cc3ccc(F)cc3)CC4)nn2)cc1. The van der Waals surface area contributed by atoms with Gasteiger partial charge in [0.25, 0.3) is 0 Å². The van der Waals surface area contributed by atoms with E-state index in [1.54, 1.807) is 12.1 Å². The molecule has 2 aromatic carbocycles. The molecule has 6 heteroatoms. The number of anilines is 1. The normalized spacial score (nSPS) is 19.2. The van der Waals surface area contributed by atoms with Crippen LogP contribution in [0.5, 0.6) is 0 Å². The summed E-state index contributed by atoms with van der Waals surface area (Å²) in [6.07, 6.45) is 6.01. The largest absolute Gasteiger partial charge is 0.326 e. The van der Waals surface area contributed by atoms with Crippen molar-refractivity contribution in [2.24, 2.45) is 11.3 Å². The van der Waals surface area contributed by atoms with Crippen LogP contribution in [-0.2, 0) is 17.8 Å². The zero-order valence-electron chi connectivity index (χ0n) is 19.6. The minimum absolute atomic E-state index is 0.0788. The Kier molecular flexibility index (Phi) is 6.42. The Morgan fingerprint density at radius 3 is 2.41 bits per heavy atom. The lowest BCUT2D eigenvalue weighted by molar-refractivity contribution is -0.114. The average Bonchev–Trinajstić information content (AvgIpc) is 3.53. The maximum absolute atomic E-state index is 13.1. The van der Waals surface area contributed by atoms with Crippen molar-refractivity contribution in [1.29, 1.82) is 0 Å². The molecule has 1 aromatic heterocycles. The van der Waals surface area contributed by atoms with Gasteiger partial charge in [-0.05, 0) is 98.5 Å². The molecule has 0 unspecified atom stereocenters. The van der Waals surface area contributed by atoms with Gasteiger partial charge >= 0.3 is 0 Å². The van der Waals surface area contributed by atoms with Gasteiger partial charge in [0.1, 0.15) is 5.82 Å². The fourth-order valence-corrected chi connectivity index (χ4v) is 5.35. The van der Waals surface area contributed by atoms with Gasteiger partial charge in [0.15, 0.2) is 0 Å². The van der Waals surface area contributed by atoms with Crippen LogP contribution in [0.2, 0.25) is 0 Å². The van der Waals surface area contributed by atoms with Crippen LogP contribution in [0.3, 0.4) is 0 Å². The van der Waals surface area contributed by atoms with E-state index in [4.69, 9.17) is 0 Å². The molecule has 5 rings (SSSR count). The molecule has 1 N–H and O–H groups in total. The number of piperidine rings is 1. The fourth-order valence-electron chi connectivity index (χ4n) is 5.35. The van der Waals surface area contributed by atoms with Gasteiger partial charge in [-0.15, -0.1) is 0 Å². The van der Waals surface area contributed by atoms with E-state index in [-0.39, 0.29) is 11.7 Å². The maximum atomic E-state index is 13.1. The Hall–Kier alpha value is -3.12. The zero-order valence-corrected chi connectivity index (χ0v) is 19.6. The third-order valence-corrected chi connectivity index (χ3v) is 7.50. The summed E-state index contributed by atoms with van der Waals surface area (Å²) in [4.78, 5) is 13.7. The summed E-state index contributed by atoms with van der Waals surface area (Å²) >= 11 is 0. The number of hydrogen-bond acceptors (Lipinski definition) is 4. The molecule has 2 fully saturated rings. The lowest BCUT2D eigenvalue weighted by atomic mass is 9.89. The highest BCUT2D eigenvalue weighted by atomic mass is 19.1. The molecule has 3 aromatic rings. The topological polar surface area (TPSA) is 58.1 Å². The number of carbonyl (C=O) groups excluding carboxylic acids is 1. The third-order valence-electron chi connectivity index (χ3n) is 7.50. The van der Waals surface area contributed by atoms with E-state index in [9.17, 15) is 9.18 Å². The van der Waals surface area contributed by atoms with E-state index in [0.717, 1.165) is 54.6 Å². The van der Waals surface area contributed by atoms with Crippen molar-refractivity contribution in [1.82, 2.24) is 15.1 Å². The van der Waals surface area contributed by atoms with Gasteiger partial charge in [0.05, 0.1) is 11.4 Å². The molecule has 1 saturated carbocycles. The zero-order chi connectivity index (χ0) is 23.5. The molecule has 1 aliphatic carbocycles. The van der Waals surface area contributed by atoms with E-state index < -0.39 is 0 Å². The number of carbonyl (C=O) groups is 1. The summed E-state index contributed by atoms with van der Waals surface area (Å²) in [6.45, 7) is 4.67. The number of amides is 1. The summed E-state index contributed by atoms with van der Waals surface area (Å²) in [7, 11) is 0. The lowest BCUT2D eigenvalue weighted by Gasteiger charge is -2.33. The van der Waals surface area contributed by atoms with E-state index in [2.05, 4.69) is 26.5 Å². The Balaban J connectivity index is 1.08. The van der Waals surface area contributed by atoms with Crippen molar-refractivity contribution in [3.63, 3.8) is 0 Å². The second kappa shape index (κ2) is 9.63. The van der Waals surface area contributed by atoms with Gasteiger partial charge in [-0.2, -0.15) is 10.2 Å². The van der Waals surface area contributed by atoms with Crippen molar-refractivity contribution < 1.29 is 9.18 Å². The summed E-state index contributed by atoms with van der Waals surface area (Å²) < 4.78 is 13.1. The van der Waals surface area contributed by atoms with Crippen molar-refractivity contribution >= 4 is 11.6 Å². The molecule has 0 radical (unpaired) electrons. The molecule has 2 aliphatic rings. The molecule has 1 atom stereocenters. The molecule has 34 heavy (non-hydrogen) atoms. The average molecular weight is 459 g/mol. The summed E-state index contributed by atoms with van der Waals surface area (Å²) in [5.41, 5.74) is 5.38. The number of rotatable bonds is 7. The fraction of sp³-hybridized carbons (Fsp3) is 0.393. The summed E-state index contributed by atoms with van der Waals surface area (Å²) in [5, 5.41) is 11.7. The number of hydrogen-bond donors (Lipinski definition) is 1. The molecule has 1 spiro atoms. The minimum Gasteiger partial charge on any atom is -0.326 e. The number of halogens is 1. The highest BCUT2D eigenvalue weighted by Crippen LogP contribution is 2.61. The molecular weight excluding hydrogens is 427 g/mol. The van der Waals surface area contributed by atoms with Crippen molar-refractivity contribution in [3.8, 4) is 11.3 Å². The molecule has 2 heterocycles. The van der Waals surface area contributed by atoms with Gasteiger partial charge in [0.2, 0.25) is 5.91 Å². The molecule has 176 valence electrons. The number of nitrogens with one attached hydrogen (secondary N) is 1. The quantitative estimate of drug-likeness (QED) is 0.510. The van der Waals surface area contributed by atoms with Crippen LogP contribution in [0.15, 0.2) is 60.7 Å². The van der Waals surface area contributed by atoms with E-state index in [1.807, 2.05) is 42.5 Å². The Labute approximate surface area is 200 Å². The standard InChI is InChI=1S/C28H31FN4O/c1-20(34)30-25-9-4-22(5-10-25)27-13-12-26(31-32-27)11-6-23-18-28(23)14-16-33(17-15-28)19-21-2-7-24(29)8-3-21/h2-5,7-10,12-13,23H,6,11,14-19H2,1H3,(H,30,34)/t23-/m1/s1. The van der Waals surface area contributed by atoms with Gasteiger partial charge in [-0.25, -0.2) is 4.39 Å². The number of benzene rings is 2. The van der Waals surface area contributed by atoms with Crippen LogP contribution in [0.1, 0.15) is 43.9 Å². The van der Waals surface area contributed by atoms with Crippen LogP contribution < -0.4 is 5.32 Å². The monoisotopic (exact) mass is 458 g/mol. The van der Waals surface area contributed by atoms with Crippen molar-refractivity contribution in [2.45, 2.75) is 45.6 Å². The Morgan fingerprint density at radius 2 is 1.76 bits per heavy atom. The van der Waals surface area contributed by atoms with E-state index in [1.165, 1.54) is 38.2 Å². The number of likely N-dealkylation sites (tertiary alicyclic amines) is 1. The predicted octanol–water partition coefficient (Wildman–Crippen LogP) is 5.48. The number of aromatic nitrogens is 2. The third kappa shape index (κ3) is 5.33. The van der Waals surface area contributed by atoms with Crippen LogP contribution >= 0.6 is 0 Å². The molecule has 5 nitrogen and oxygen atoms in total. The van der Waals surface area contributed by atoms with Crippen LogP contribution in [0, 0.1) is 17.2 Å². The van der Waals surface area contributed by atoms with Crippen LogP contribution in [0.25, 0.3) is 11.3 Å². The molecule has 1 aliphatic heterocycles. The molecule has 1 saturated heterocycles. The molecular formula is C28H31FN4O. The highest BCUT2D eigenvalue weighted by Gasteiger charge is 2.53. The second-order valence-electron chi connectivity index (χ2n) is 9.87. The van der Waals surface area contributed by atoms with Crippen LogP contribution in [-0.4, -0.2) is 34.1 Å². The van der Waals surface area contributed by atoms with Gasteiger partial charge in [0, 0.05) is 24.7 Å². The van der Waals surface area contributed by atoms with Crippen molar-refractivity contribution in [3.05, 3.63) is 77.7 Å². The first-order chi connectivity index (χ1) is 16.5. The maximum Gasteiger partial charge on any atom is 0.221 e. The van der Waals surface area contributed by atoms with E-state index in [0.29, 0.717) is 5.41 Å². The smallest absolute Gasteiger partial charge is 0.221 e. The molecule has 1 amide bonds. The minimum atomic E-state index is -0.168. The van der Waals surface area contributed by atoms with Gasteiger partial charge in [-0.1, -0.05) is 24.3 Å². The first-order valence-corrected chi connectivity index (χ1v) is 12.2. The van der Waals surface area contributed by atoms with Gasteiger partial charge < -0.3 is 5.32 Å². The number of nitrogens with zero attached hydrogens (tertiary/aromatic N) is 3. The second-order valence-corrected chi connectivity index (χ2v) is 9.87. The van der Waals surface area contributed by atoms with E-state index >= 15 is 0 Å². The number of aryl methyl sites for hydroxylation is 1. The Morgan fingerprint density at radius 1 is 1.03 bits per heavy atom. The Bertz CT molecular complexity index is 1120. The highest BCUT2D eigenvalue weighted by molar-refractivity contribution is 5.88. The van der Waals surface area contributed by atoms with Gasteiger partial charge in [-0.3, -0.25) is 9.69 Å². The summed E-state index contributed by atoms with van der Waals surface area (Å²) in [6, 6.07) is 18.7. The first-order valence-electron chi connectivity index (χ1n) is 12.2. The lowest BCUT2D eigenvalue weighted by Crippen LogP contribution is -2.34. The summed E-state index contributed by atoms with van der Waals surface area (Å²) in [5.74, 6) is 0.548. The van der Waals surface area contributed by atoms with Crippen LogP contribution in [0.4, 0.5) is 10.1 Å². The molecule has 0 bridgehead atoms. The predicted molar refractivity (Wildman–Crippen MR) is 132 cm³/mol. The first kappa shape index (κ1) is 22.7.